The summed E-state index contributed by atoms with van der Waals surface area (Å²) in [5.41, 5.74) is 8.58. The van der Waals surface area contributed by atoms with E-state index in [4.69, 9.17) is 0 Å². The second-order valence-electron chi connectivity index (χ2n) is 15.1. The van der Waals surface area contributed by atoms with Gasteiger partial charge in [0.15, 0.2) is 0 Å². The molecule has 0 saturated heterocycles. The fourth-order valence-electron chi connectivity index (χ4n) is 8.96. The van der Waals surface area contributed by atoms with Crippen molar-refractivity contribution >= 4 is 120 Å². The zero-order chi connectivity index (χ0) is 38.2. The van der Waals surface area contributed by atoms with Crippen LogP contribution >= 0.6 is 22.7 Å². The third-order valence-corrected chi connectivity index (χ3v) is 13.4. The molecule has 0 amide bonds. The second-order valence-corrected chi connectivity index (χ2v) is 17.0. The van der Waals surface area contributed by atoms with Gasteiger partial charge in [0.1, 0.15) is 0 Å². The summed E-state index contributed by atoms with van der Waals surface area (Å²) in [6, 6.07) is 61.1. The third kappa shape index (κ3) is 5.36. The average Bonchev–Trinajstić information content (AvgIpc) is 3.98. The van der Waals surface area contributed by atoms with Crippen LogP contribution in [0, 0.1) is 20.8 Å². The average molecular weight is 767 g/mol. The van der Waals surface area contributed by atoms with Crippen LogP contribution in [0.25, 0.3) is 64.6 Å². The molecule has 0 bridgehead atoms. The Balaban J connectivity index is 1.36. The largest absolute Gasteiger partial charge is 0.299 e. The Hall–Kier alpha value is -6.46. The molecule has 0 N–H and O–H groups in total. The summed E-state index contributed by atoms with van der Waals surface area (Å²) >= 11 is 3.58. The molecule has 11 rings (SSSR count). The summed E-state index contributed by atoms with van der Waals surface area (Å²) in [6.45, 7) is 6.75. The number of aryl methyl sites for hydroxylation is 3. The molecule has 11 aromatic rings. The maximum absolute atomic E-state index is 2.58. The molecule has 2 heterocycles. The van der Waals surface area contributed by atoms with Gasteiger partial charge in [-0.15, -0.1) is 22.7 Å². The molecule has 2 nitrogen and oxygen atoms in total. The van der Waals surface area contributed by atoms with Crippen LogP contribution in [-0.2, 0) is 0 Å². The number of thiophene rings is 2. The van der Waals surface area contributed by atoms with E-state index in [1.807, 2.05) is 0 Å². The van der Waals surface area contributed by atoms with E-state index in [-0.39, 0.29) is 0 Å². The van der Waals surface area contributed by atoms with Gasteiger partial charge in [0, 0.05) is 43.1 Å². The molecule has 0 saturated carbocycles. The van der Waals surface area contributed by atoms with Gasteiger partial charge in [0.05, 0.1) is 32.8 Å². The molecule has 9 aromatic carbocycles. The predicted octanol–water partition coefficient (Wildman–Crippen LogP) is 16.6. The molecule has 0 aliphatic carbocycles. The third-order valence-electron chi connectivity index (χ3n) is 11.7. The molecule has 4 heteroatoms. The number of rotatable bonds is 6. The lowest BCUT2D eigenvalue weighted by Gasteiger charge is -2.34. The SMILES string of the molecule is Cc1ccc2c(N(c3cccs3)c3c4ccccc4cc4ccccc34)c3cc(C)c(C)cc3c(N(c3cccs3)c3c4ccccc4cc4ccccc34)c2c1. The number of anilines is 6. The Kier molecular flexibility index (Phi) is 7.92. The fraction of sp³-hybridized carbons (Fsp3) is 0.0566. The zero-order valence-corrected chi connectivity index (χ0v) is 33.6. The Morgan fingerprint density at radius 2 is 0.684 bits per heavy atom. The Morgan fingerprint density at radius 3 is 1.09 bits per heavy atom. The van der Waals surface area contributed by atoms with Crippen molar-refractivity contribution in [2.24, 2.45) is 0 Å². The normalized spacial score (nSPS) is 11.8. The summed E-state index contributed by atoms with van der Waals surface area (Å²) in [5, 5.41) is 21.5. The van der Waals surface area contributed by atoms with E-state index in [9.17, 15) is 0 Å². The van der Waals surface area contributed by atoms with Crippen LogP contribution in [0.4, 0.5) is 32.8 Å². The summed E-state index contributed by atoms with van der Waals surface area (Å²) in [6.07, 6.45) is 0. The van der Waals surface area contributed by atoms with Crippen LogP contribution in [0.5, 0.6) is 0 Å². The van der Waals surface area contributed by atoms with Gasteiger partial charge in [0.2, 0.25) is 0 Å². The molecular weight excluding hydrogens is 729 g/mol. The molecule has 0 aliphatic heterocycles. The molecule has 0 unspecified atom stereocenters. The van der Waals surface area contributed by atoms with Crippen LogP contribution in [-0.4, -0.2) is 0 Å². The van der Waals surface area contributed by atoms with Crippen molar-refractivity contribution in [1.82, 2.24) is 0 Å². The van der Waals surface area contributed by atoms with Crippen molar-refractivity contribution in [2.75, 3.05) is 9.80 Å². The fourth-order valence-corrected chi connectivity index (χ4v) is 10.4. The molecule has 272 valence electrons. The van der Waals surface area contributed by atoms with Crippen molar-refractivity contribution in [3.05, 3.63) is 191 Å². The summed E-state index contributed by atoms with van der Waals surface area (Å²) in [7, 11) is 0. The van der Waals surface area contributed by atoms with E-state index in [0.29, 0.717) is 0 Å². The smallest absolute Gasteiger partial charge is 0.1000 e. The summed E-state index contributed by atoms with van der Waals surface area (Å²) in [5.74, 6) is 0. The van der Waals surface area contributed by atoms with Gasteiger partial charge in [-0.3, -0.25) is 9.80 Å². The molecule has 2 aromatic heterocycles. The molecule has 0 aliphatic rings. The van der Waals surface area contributed by atoms with E-state index in [1.54, 1.807) is 22.7 Å². The zero-order valence-electron chi connectivity index (χ0n) is 32.0. The van der Waals surface area contributed by atoms with E-state index in [0.717, 1.165) is 0 Å². The molecule has 0 spiro atoms. The second kappa shape index (κ2) is 13.3. The quantitative estimate of drug-likeness (QED) is 0.123. The lowest BCUT2D eigenvalue weighted by Crippen LogP contribution is -2.15. The van der Waals surface area contributed by atoms with Gasteiger partial charge < -0.3 is 0 Å². The minimum atomic E-state index is 1.18. The highest BCUT2D eigenvalue weighted by atomic mass is 32.1. The molecule has 0 atom stereocenters. The van der Waals surface area contributed by atoms with Gasteiger partial charge in [0.25, 0.3) is 0 Å². The number of hydrogen-bond donors (Lipinski definition) is 0. The number of benzene rings is 9. The maximum atomic E-state index is 2.58. The van der Waals surface area contributed by atoms with E-state index < -0.39 is 0 Å². The van der Waals surface area contributed by atoms with Gasteiger partial charge in [-0.25, -0.2) is 0 Å². The molecule has 57 heavy (non-hydrogen) atoms. The highest BCUT2D eigenvalue weighted by Gasteiger charge is 2.29. The van der Waals surface area contributed by atoms with E-state index >= 15 is 0 Å². The lowest BCUT2D eigenvalue weighted by molar-refractivity contribution is 1.33. The number of fused-ring (bicyclic) bond motifs is 6. The molecule has 0 fully saturated rings. The first-order valence-corrected chi connectivity index (χ1v) is 21.2. The van der Waals surface area contributed by atoms with Crippen LogP contribution in [0.2, 0.25) is 0 Å². The van der Waals surface area contributed by atoms with Crippen LogP contribution in [0.3, 0.4) is 0 Å². The Morgan fingerprint density at radius 1 is 0.316 bits per heavy atom. The van der Waals surface area contributed by atoms with Gasteiger partial charge in [-0.1, -0.05) is 115 Å². The first-order valence-electron chi connectivity index (χ1n) is 19.5. The number of hydrogen-bond acceptors (Lipinski definition) is 4. The van der Waals surface area contributed by atoms with E-state index in [2.05, 4.69) is 205 Å². The first kappa shape index (κ1) is 33.8. The summed E-state index contributed by atoms with van der Waals surface area (Å²) in [4.78, 5) is 5.16. The minimum Gasteiger partial charge on any atom is -0.299 e. The Labute approximate surface area is 340 Å². The van der Waals surface area contributed by atoms with Crippen molar-refractivity contribution in [3.8, 4) is 0 Å². The van der Waals surface area contributed by atoms with Crippen molar-refractivity contribution in [2.45, 2.75) is 20.8 Å². The van der Waals surface area contributed by atoms with Crippen LogP contribution < -0.4 is 9.80 Å². The highest BCUT2D eigenvalue weighted by molar-refractivity contribution is 7.14. The molecule has 0 radical (unpaired) electrons. The summed E-state index contributed by atoms with van der Waals surface area (Å²) < 4.78 is 0. The maximum Gasteiger partial charge on any atom is 0.1000 e. The monoisotopic (exact) mass is 766 g/mol. The van der Waals surface area contributed by atoms with Crippen molar-refractivity contribution in [1.29, 1.82) is 0 Å². The van der Waals surface area contributed by atoms with Crippen molar-refractivity contribution in [3.63, 3.8) is 0 Å². The predicted molar refractivity (Wildman–Crippen MR) is 251 cm³/mol. The standard InChI is InChI=1S/C53H38N2S2/c1-33-24-25-44-45(28-33)53(55(49-23-13-27-57-49)51-42-20-10-6-16-38(42)32-39-17-7-11-21-43(39)51)47-30-35(3)34(2)29-46(47)52(44)54(48-22-12-26-56-48)50-40-18-8-4-14-36(40)31-37-15-5-9-19-41(37)50/h4-32H,1-3H3. The first-order chi connectivity index (χ1) is 28.0. The molecular formula is C53H38N2S2. The Bertz CT molecular complexity index is 3230. The van der Waals surface area contributed by atoms with E-state index in [1.165, 1.54) is 114 Å². The lowest BCUT2D eigenvalue weighted by atomic mass is 9.91. The minimum absolute atomic E-state index is 1.18. The van der Waals surface area contributed by atoms with Crippen LogP contribution in [0.1, 0.15) is 16.7 Å². The number of nitrogens with zero attached hydrogens (tertiary/aromatic N) is 2. The van der Waals surface area contributed by atoms with Gasteiger partial charge in [-0.05, 0) is 119 Å². The van der Waals surface area contributed by atoms with Gasteiger partial charge >= 0.3 is 0 Å². The topological polar surface area (TPSA) is 6.48 Å². The van der Waals surface area contributed by atoms with Gasteiger partial charge in [-0.2, -0.15) is 0 Å². The van der Waals surface area contributed by atoms with Crippen LogP contribution in [0.15, 0.2) is 175 Å². The highest BCUT2D eigenvalue weighted by Crippen LogP contribution is 2.56. The van der Waals surface area contributed by atoms with Crippen molar-refractivity contribution < 1.29 is 0 Å².